The first kappa shape index (κ1) is 18.3. The number of nitrogens with one attached hydrogen (secondary N) is 3. The van der Waals surface area contributed by atoms with Crippen molar-refractivity contribution >= 4 is 38.5 Å². The second kappa shape index (κ2) is 6.83. The van der Waals surface area contributed by atoms with Crippen molar-refractivity contribution in [1.29, 1.82) is 0 Å². The van der Waals surface area contributed by atoms with Crippen molar-refractivity contribution in [1.82, 2.24) is 15.1 Å². The molecular weight excluding hydrogens is 378 g/mol. The van der Waals surface area contributed by atoms with E-state index >= 15 is 0 Å². The predicted octanol–water partition coefficient (Wildman–Crippen LogP) is 3.23. The largest absolute Gasteiger partial charge is 0.331 e. The predicted molar refractivity (Wildman–Crippen MR) is 110 cm³/mol. The Kier molecular flexibility index (Phi) is 4.46. The minimum atomic E-state index is -3.30. The third kappa shape index (κ3) is 3.65. The molecule has 1 aliphatic carbocycles. The highest BCUT2D eigenvalue weighted by Crippen LogP contribution is 2.32. The van der Waals surface area contributed by atoms with Gasteiger partial charge in [-0.2, -0.15) is 5.10 Å². The number of aromatic nitrogens is 2. The summed E-state index contributed by atoms with van der Waals surface area (Å²) in [6, 6.07) is 12.7. The van der Waals surface area contributed by atoms with Gasteiger partial charge >= 0.3 is 6.03 Å². The topological polar surface area (TPSA) is 107 Å². The molecule has 0 saturated heterocycles. The van der Waals surface area contributed by atoms with Gasteiger partial charge in [-0.3, -0.25) is 15.1 Å². The molecule has 8 nitrogen and oxygen atoms in total. The van der Waals surface area contributed by atoms with Crippen LogP contribution in [-0.4, -0.2) is 48.9 Å². The van der Waals surface area contributed by atoms with Gasteiger partial charge in [0.25, 0.3) is 0 Å². The lowest BCUT2D eigenvalue weighted by Gasteiger charge is -2.10. The first-order chi connectivity index (χ1) is 13.3. The second-order valence-electron chi connectivity index (χ2n) is 7.08. The number of sulfonamides is 1. The maximum atomic E-state index is 12.2. The zero-order chi connectivity index (χ0) is 19.9. The molecule has 0 unspecified atom stereocenters. The zero-order valence-corrected chi connectivity index (χ0v) is 16.4. The molecule has 2 aromatic carbocycles. The quantitative estimate of drug-likeness (QED) is 0.612. The fourth-order valence-corrected chi connectivity index (χ4v) is 4.27. The molecule has 0 aliphatic heterocycles. The van der Waals surface area contributed by atoms with Gasteiger partial charge in [-0.15, -0.1) is 0 Å². The molecule has 28 heavy (non-hydrogen) atoms. The number of hydrogen-bond donors (Lipinski definition) is 3. The van der Waals surface area contributed by atoms with E-state index in [9.17, 15) is 13.2 Å². The van der Waals surface area contributed by atoms with Crippen molar-refractivity contribution in [2.45, 2.75) is 18.1 Å². The van der Waals surface area contributed by atoms with Gasteiger partial charge in [0.1, 0.15) is 0 Å². The highest BCUT2D eigenvalue weighted by Gasteiger charge is 2.35. The van der Waals surface area contributed by atoms with Crippen LogP contribution in [0.5, 0.6) is 0 Å². The van der Waals surface area contributed by atoms with E-state index in [1.807, 2.05) is 36.4 Å². The summed E-state index contributed by atoms with van der Waals surface area (Å²) >= 11 is 0. The highest BCUT2D eigenvalue weighted by atomic mass is 32.2. The lowest BCUT2D eigenvalue weighted by atomic mass is 10.0. The summed E-state index contributed by atoms with van der Waals surface area (Å²) in [5.74, 6) is 0.464. The lowest BCUT2D eigenvalue weighted by Crippen LogP contribution is -2.27. The van der Waals surface area contributed by atoms with Crippen molar-refractivity contribution in [3.05, 3.63) is 42.5 Å². The fourth-order valence-electron chi connectivity index (χ4n) is 2.90. The van der Waals surface area contributed by atoms with Gasteiger partial charge < -0.3 is 4.90 Å². The average Bonchev–Trinajstić information content (AvgIpc) is 3.45. The van der Waals surface area contributed by atoms with Crippen LogP contribution in [-0.2, 0) is 10.0 Å². The molecule has 3 N–H and O–H groups in total. The Morgan fingerprint density at radius 1 is 1.14 bits per heavy atom. The molecule has 2 amide bonds. The molecule has 3 aromatic rings. The first-order valence-electron chi connectivity index (χ1n) is 8.92. The van der Waals surface area contributed by atoms with Crippen LogP contribution >= 0.6 is 0 Å². The molecule has 0 atom stereocenters. The van der Waals surface area contributed by atoms with Crippen LogP contribution in [0, 0.1) is 0 Å². The normalized spacial score (nSPS) is 14.1. The molecule has 0 spiro atoms. The molecular formula is C19H21N5O3S. The van der Waals surface area contributed by atoms with E-state index < -0.39 is 10.0 Å². The number of fused-ring (bicyclic) bond motifs is 1. The standard InChI is InChI=1S/C19H21N5O3S/c1-24(2)19(25)20-18-16-9-6-13(11-17(16)21-22-18)12-4-3-5-14(10-12)23-28(26,27)15-7-8-15/h3-6,9-11,15,23H,7-8H2,1-2H3,(H2,20,21,22,25). The third-order valence-corrected chi connectivity index (χ3v) is 6.48. The van der Waals surface area contributed by atoms with Crippen LogP contribution < -0.4 is 10.0 Å². The van der Waals surface area contributed by atoms with E-state index in [2.05, 4.69) is 20.2 Å². The van der Waals surface area contributed by atoms with Gasteiger partial charge in [0, 0.05) is 25.2 Å². The molecule has 1 heterocycles. The summed E-state index contributed by atoms with van der Waals surface area (Å²) in [6.07, 6.45) is 1.44. The van der Waals surface area contributed by atoms with Crippen LogP contribution in [0.4, 0.5) is 16.3 Å². The fraction of sp³-hybridized carbons (Fsp3) is 0.263. The number of carbonyl (C=O) groups excluding carboxylic acids is 1. The summed E-state index contributed by atoms with van der Waals surface area (Å²) in [4.78, 5) is 13.3. The number of H-pyrrole nitrogens is 1. The van der Waals surface area contributed by atoms with E-state index in [-0.39, 0.29) is 11.3 Å². The van der Waals surface area contributed by atoms with E-state index in [4.69, 9.17) is 0 Å². The maximum Gasteiger partial charge on any atom is 0.322 e. The highest BCUT2D eigenvalue weighted by molar-refractivity contribution is 7.93. The van der Waals surface area contributed by atoms with E-state index in [0.29, 0.717) is 11.5 Å². The number of nitrogens with zero attached hydrogens (tertiary/aromatic N) is 2. The zero-order valence-electron chi connectivity index (χ0n) is 15.6. The number of aromatic amines is 1. The Morgan fingerprint density at radius 2 is 1.89 bits per heavy atom. The summed E-state index contributed by atoms with van der Waals surface area (Å²) in [6.45, 7) is 0. The van der Waals surface area contributed by atoms with Crippen molar-refractivity contribution in [3.63, 3.8) is 0 Å². The van der Waals surface area contributed by atoms with E-state index in [1.165, 1.54) is 4.90 Å². The number of amides is 2. The van der Waals surface area contributed by atoms with Crippen molar-refractivity contribution in [2.24, 2.45) is 0 Å². The Balaban J connectivity index is 1.61. The van der Waals surface area contributed by atoms with Crippen LogP contribution in [0.25, 0.3) is 22.0 Å². The van der Waals surface area contributed by atoms with Gasteiger partial charge in [-0.25, -0.2) is 13.2 Å². The van der Waals surface area contributed by atoms with Crippen molar-refractivity contribution in [3.8, 4) is 11.1 Å². The van der Waals surface area contributed by atoms with Crippen LogP contribution in [0.2, 0.25) is 0 Å². The first-order valence-corrected chi connectivity index (χ1v) is 10.5. The summed E-state index contributed by atoms with van der Waals surface area (Å²) in [5, 5.41) is 10.4. The number of benzene rings is 2. The number of urea groups is 1. The minimum absolute atomic E-state index is 0.256. The van der Waals surface area contributed by atoms with Gasteiger partial charge in [0.15, 0.2) is 5.82 Å². The smallest absolute Gasteiger partial charge is 0.322 e. The maximum absolute atomic E-state index is 12.2. The van der Waals surface area contributed by atoms with Gasteiger partial charge in [-0.1, -0.05) is 18.2 Å². The molecule has 1 fully saturated rings. The second-order valence-corrected chi connectivity index (χ2v) is 9.05. The summed E-state index contributed by atoms with van der Waals surface area (Å²) in [7, 11) is 0.0195. The molecule has 0 radical (unpaired) electrons. The number of hydrogen-bond acceptors (Lipinski definition) is 4. The minimum Gasteiger partial charge on any atom is -0.331 e. The summed E-state index contributed by atoms with van der Waals surface area (Å²) in [5.41, 5.74) is 3.11. The molecule has 1 aliphatic rings. The molecule has 1 aromatic heterocycles. The monoisotopic (exact) mass is 399 g/mol. The van der Waals surface area contributed by atoms with E-state index in [0.717, 1.165) is 34.9 Å². The Morgan fingerprint density at radius 3 is 2.61 bits per heavy atom. The molecule has 4 rings (SSSR count). The van der Waals surface area contributed by atoms with E-state index in [1.54, 1.807) is 20.2 Å². The third-order valence-electron chi connectivity index (χ3n) is 4.61. The molecule has 146 valence electrons. The lowest BCUT2D eigenvalue weighted by molar-refractivity contribution is 0.230. The number of rotatable bonds is 5. The Bertz CT molecular complexity index is 1150. The average molecular weight is 399 g/mol. The van der Waals surface area contributed by atoms with Gasteiger partial charge in [0.2, 0.25) is 10.0 Å². The number of carbonyl (C=O) groups is 1. The van der Waals surface area contributed by atoms with Crippen LogP contribution in [0.15, 0.2) is 42.5 Å². The number of anilines is 2. The van der Waals surface area contributed by atoms with Crippen molar-refractivity contribution in [2.75, 3.05) is 24.1 Å². The van der Waals surface area contributed by atoms with Gasteiger partial charge in [0.05, 0.1) is 10.8 Å². The molecule has 0 bridgehead atoms. The SMILES string of the molecule is CN(C)C(=O)Nc1n[nH]c2cc(-c3cccc(NS(=O)(=O)C4CC4)c3)ccc12. The molecule has 1 saturated carbocycles. The van der Waals surface area contributed by atoms with Crippen molar-refractivity contribution < 1.29 is 13.2 Å². The van der Waals surface area contributed by atoms with Gasteiger partial charge in [-0.05, 0) is 48.2 Å². The summed E-state index contributed by atoms with van der Waals surface area (Å²) < 4.78 is 27.0. The Labute approximate surface area is 163 Å². The van der Waals surface area contributed by atoms with Crippen LogP contribution in [0.3, 0.4) is 0 Å². The van der Waals surface area contributed by atoms with Crippen LogP contribution in [0.1, 0.15) is 12.8 Å². The molecule has 9 heteroatoms. The Hall–Kier alpha value is -3.07.